The summed E-state index contributed by atoms with van der Waals surface area (Å²) in [6, 6.07) is 12.9. The van der Waals surface area contributed by atoms with E-state index in [9.17, 15) is 13.6 Å². The lowest BCUT2D eigenvalue weighted by Gasteiger charge is -2.32. The third-order valence-electron chi connectivity index (χ3n) is 6.49. The summed E-state index contributed by atoms with van der Waals surface area (Å²) in [7, 11) is 3.09. The number of hydrogen-bond acceptors (Lipinski definition) is 6. The number of halogens is 2. The van der Waals surface area contributed by atoms with Gasteiger partial charge in [0.2, 0.25) is 0 Å². The number of alkyl halides is 2. The topological polar surface area (TPSA) is 89.4 Å². The normalized spacial score (nSPS) is 19.5. The molecule has 1 saturated heterocycles. The summed E-state index contributed by atoms with van der Waals surface area (Å²) in [6.07, 6.45) is -2.45. The molecule has 1 fully saturated rings. The van der Waals surface area contributed by atoms with Crippen molar-refractivity contribution in [3.63, 3.8) is 0 Å². The fourth-order valence-corrected chi connectivity index (χ4v) is 4.45. The number of aromatic nitrogens is 2. The average Bonchev–Trinajstić information content (AvgIpc) is 3.29. The number of ether oxygens (including phenoxy) is 2. The zero-order chi connectivity index (χ0) is 24.5. The molecular formula is C25H27F2N5O3. The van der Waals surface area contributed by atoms with Gasteiger partial charge in [0.25, 0.3) is 12.3 Å². The Morgan fingerprint density at radius 3 is 2.60 bits per heavy atom. The van der Waals surface area contributed by atoms with Gasteiger partial charge < -0.3 is 25.4 Å². The van der Waals surface area contributed by atoms with E-state index >= 15 is 0 Å². The van der Waals surface area contributed by atoms with Gasteiger partial charge in [0.15, 0.2) is 11.5 Å². The highest BCUT2D eigenvalue weighted by Crippen LogP contribution is 2.41. The van der Waals surface area contributed by atoms with Crippen LogP contribution in [-0.2, 0) is 0 Å². The summed E-state index contributed by atoms with van der Waals surface area (Å²) in [6.45, 7) is 1.50. The van der Waals surface area contributed by atoms with E-state index in [1.165, 1.54) is 11.8 Å². The van der Waals surface area contributed by atoms with Crippen LogP contribution in [0.15, 0.2) is 48.5 Å². The van der Waals surface area contributed by atoms with Gasteiger partial charge in [-0.05, 0) is 36.2 Å². The highest BCUT2D eigenvalue weighted by atomic mass is 19.3. The third kappa shape index (κ3) is 4.53. The van der Waals surface area contributed by atoms with E-state index in [1.54, 1.807) is 43.5 Å². The highest BCUT2D eigenvalue weighted by molar-refractivity contribution is 5.95. The van der Waals surface area contributed by atoms with Crippen molar-refractivity contribution < 1.29 is 23.0 Å². The molecule has 35 heavy (non-hydrogen) atoms. The number of nitrogens with zero attached hydrogens (tertiary/aromatic N) is 2. The molecule has 0 bridgehead atoms. The molecule has 2 unspecified atom stereocenters. The number of amides is 1. The molecule has 1 aromatic heterocycles. The fraction of sp³-hybridized carbons (Fsp3) is 0.360. The molecule has 0 radical (unpaired) electrons. The van der Waals surface area contributed by atoms with Crippen molar-refractivity contribution in [2.24, 2.45) is 0 Å². The van der Waals surface area contributed by atoms with Gasteiger partial charge in [-0.3, -0.25) is 4.79 Å². The summed E-state index contributed by atoms with van der Waals surface area (Å²) in [5, 5.41) is 13.9. The van der Waals surface area contributed by atoms with Crippen LogP contribution in [0, 0.1) is 0 Å². The van der Waals surface area contributed by atoms with Crippen molar-refractivity contribution in [1.82, 2.24) is 20.4 Å². The molecule has 3 heterocycles. The molecule has 2 aliphatic rings. The Kier molecular flexibility index (Phi) is 6.29. The Hall–Kier alpha value is -3.66. The number of nitrogens with one attached hydrogen (secondary N) is 3. The molecule has 5 rings (SSSR count). The molecule has 2 aromatic carbocycles. The minimum Gasteiger partial charge on any atom is -0.493 e. The van der Waals surface area contributed by atoms with Gasteiger partial charge in [0.1, 0.15) is 11.9 Å². The van der Waals surface area contributed by atoms with Crippen molar-refractivity contribution >= 4 is 11.7 Å². The summed E-state index contributed by atoms with van der Waals surface area (Å²) < 4.78 is 40.2. The van der Waals surface area contributed by atoms with Gasteiger partial charge in [0.05, 0.1) is 32.0 Å². The largest absolute Gasteiger partial charge is 0.493 e. The van der Waals surface area contributed by atoms with E-state index in [1.807, 2.05) is 12.1 Å². The fourth-order valence-electron chi connectivity index (χ4n) is 4.45. The lowest BCUT2D eigenvalue weighted by atomic mass is 9.97. The predicted octanol–water partition coefficient (Wildman–Crippen LogP) is 3.63. The average molecular weight is 484 g/mol. The van der Waals surface area contributed by atoms with Crippen molar-refractivity contribution in [1.29, 1.82) is 0 Å². The minimum absolute atomic E-state index is 0.121. The summed E-state index contributed by atoms with van der Waals surface area (Å²) >= 11 is 0. The van der Waals surface area contributed by atoms with E-state index in [0.29, 0.717) is 34.1 Å². The van der Waals surface area contributed by atoms with Gasteiger partial charge >= 0.3 is 0 Å². The molecule has 0 spiro atoms. The van der Waals surface area contributed by atoms with E-state index in [2.05, 4.69) is 21.0 Å². The zero-order valence-electron chi connectivity index (χ0n) is 19.4. The van der Waals surface area contributed by atoms with Crippen LogP contribution in [0.1, 0.15) is 34.4 Å². The number of fused-ring (bicyclic) bond motifs is 1. The minimum atomic E-state index is -2.60. The Morgan fingerprint density at radius 1 is 1.11 bits per heavy atom. The molecular weight excluding hydrogens is 456 g/mol. The molecule has 2 atom stereocenters. The zero-order valence-corrected chi connectivity index (χ0v) is 19.4. The van der Waals surface area contributed by atoms with Crippen LogP contribution in [0.2, 0.25) is 0 Å². The first-order chi connectivity index (χ1) is 17.0. The smallest absolute Gasteiger partial charge is 0.260 e. The molecule has 10 heteroatoms. The van der Waals surface area contributed by atoms with Crippen molar-refractivity contribution in [3.8, 4) is 22.8 Å². The maximum absolute atomic E-state index is 14.1. The number of carbonyl (C=O) groups is 1. The Labute approximate surface area is 201 Å². The van der Waals surface area contributed by atoms with Crippen molar-refractivity contribution in [3.05, 3.63) is 59.7 Å². The second-order valence-corrected chi connectivity index (χ2v) is 8.72. The van der Waals surface area contributed by atoms with E-state index < -0.39 is 12.5 Å². The standard InChI is InChI=1S/C25H27F2N5O3/c1-34-21-7-6-15(9-22(21)35-2)18-10-20(24(26)27)32-23(30-18)11-19(31-32)14-4-3-5-16(8-14)25(33)29-17-12-28-13-17/h3-9,11,17-18,20,24,28,30H,10,12-13H2,1-2H3,(H,29,33). The van der Waals surface area contributed by atoms with Gasteiger partial charge in [-0.1, -0.05) is 18.2 Å². The summed E-state index contributed by atoms with van der Waals surface area (Å²) in [5.74, 6) is 1.43. The van der Waals surface area contributed by atoms with Crippen LogP contribution >= 0.6 is 0 Å². The quantitative estimate of drug-likeness (QED) is 0.476. The summed E-state index contributed by atoms with van der Waals surface area (Å²) in [4.78, 5) is 12.6. The first-order valence-electron chi connectivity index (χ1n) is 11.4. The van der Waals surface area contributed by atoms with Gasteiger partial charge in [-0.15, -0.1) is 0 Å². The van der Waals surface area contributed by atoms with E-state index in [0.717, 1.165) is 18.7 Å². The molecule has 0 aliphatic carbocycles. The second-order valence-electron chi connectivity index (χ2n) is 8.72. The van der Waals surface area contributed by atoms with Gasteiger partial charge in [-0.25, -0.2) is 13.5 Å². The number of rotatable bonds is 7. The number of benzene rings is 2. The molecule has 8 nitrogen and oxygen atoms in total. The number of hydrogen-bond donors (Lipinski definition) is 3. The first kappa shape index (κ1) is 23.1. The van der Waals surface area contributed by atoms with E-state index in [-0.39, 0.29) is 24.4 Å². The monoisotopic (exact) mass is 483 g/mol. The number of carbonyl (C=O) groups excluding carboxylic acids is 1. The second kappa shape index (κ2) is 9.53. The van der Waals surface area contributed by atoms with Crippen LogP contribution in [0.25, 0.3) is 11.3 Å². The third-order valence-corrected chi connectivity index (χ3v) is 6.49. The maximum atomic E-state index is 14.1. The molecule has 1 amide bonds. The van der Waals surface area contributed by atoms with Crippen LogP contribution in [0.4, 0.5) is 14.6 Å². The Balaban J connectivity index is 1.43. The molecule has 0 saturated carbocycles. The first-order valence-corrected chi connectivity index (χ1v) is 11.4. The lowest BCUT2D eigenvalue weighted by Crippen LogP contribution is -2.56. The number of anilines is 1. The van der Waals surface area contributed by atoms with Crippen LogP contribution in [-0.4, -0.2) is 55.5 Å². The maximum Gasteiger partial charge on any atom is 0.260 e. The Bertz CT molecular complexity index is 1230. The highest BCUT2D eigenvalue weighted by Gasteiger charge is 2.35. The van der Waals surface area contributed by atoms with Crippen molar-refractivity contribution in [2.45, 2.75) is 31.0 Å². The van der Waals surface area contributed by atoms with Crippen LogP contribution in [0.3, 0.4) is 0 Å². The molecule has 2 aliphatic heterocycles. The van der Waals surface area contributed by atoms with Gasteiger partial charge in [0, 0.05) is 30.3 Å². The Morgan fingerprint density at radius 2 is 1.91 bits per heavy atom. The van der Waals surface area contributed by atoms with E-state index in [4.69, 9.17) is 9.47 Å². The molecule has 3 aromatic rings. The van der Waals surface area contributed by atoms with Crippen LogP contribution in [0.5, 0.6) is 11.5 Å². The van der Waals surface area contributed by atoms with Crippen molar-refractivity contribution in [2.75, 3.05) is 32.6 Å². The number of methoxy groups -OCH3 is 2. The summed E-state index contributed by atoms with van der Waals surface area (Å²) in [5.41, 5.74) is 2.52. The predicted molar refractivity (Wildman–Crippen MR) is 127 cm³/mol. The van der Waals surface area contributed by atoms with Crippen LogP contribution < -0.4 is 25.4 Å². The molecule has 3 N–H and O–H groups in total. The SMILES string of the molecule is COc1ccc(C2CC(C(F)F)n3nc(-c4cccc(C(=O)NC5CNC5)c4)cc3N2)cc1OC. The lowest BCUT2D eigenvalue weighted by molar-refractivity contribution is 0.0659. The van der Waals surface area contributed by atoms with Gasteiger partial charge in [-0.2, -0.15) is 5.10 Å². The molecule has 184 valence electrons.